The normalized spacial score (nSPS) is 22.2. The first-order valence-electron chi connectivity index (χ1n) is 7.98. The SMILES string of the molecule is Cc1ccc2[nH]c3c(c2c1)CCN[C@@]31C(=O)Nc2ccccc21. The molecule has 114 valence electrons. The van der Waals surface area contributed by atoms with Crippen molar-refractivity contribution in [3.63, 3.8) is 0 Å². The lowest BCUT2D eigenvalue weighted by Crippen LogP contribution is -2.53. The lowest BCUT2D eigenvalue weighted by molar-refractivity contribution is -0.120. The second-order valence-electron chi connectivity index (χ2n) is 6.45. The van der Waals surface area contributed by atoms with Crippen molar-refractivity contribution in [1.29, 1.82) is 0 Å². The molecule has 2 aliphatic rings. The lowest BCUT2D eigenvalue weighted by atomic mass is 9.82. The summed E-state index contributed by atoms with van der Waals surface area (Å²) in [5, 5.41) is 7.76. The monoisotopic (exact) mass is 303 g/mol. The van der Waals surface area contributed by atoms with Gasteiger partial charge in [-0.1, -0.05) is 29.8 Å². The summed E-state index contributed by atoms with van der Waals surface area (Å²) in [6.07, 6.45) is 0.927. The van der Waals surface area contributed by atoms with Crippen molar-refractivity contribution in [1.82, 2.24) is 10.3 Å². The van der Waals surface area contributed by atoms with E-state index in [1.807, 2.05) is 24.3 Å². The minimum atomic E-state index is -0.795. The molecular weight excluding hydrogens is 286 g/mol. The van der Waals surface area contributed by atoms with Crippen molar-refractivity contribution >= 4 is 22.5 Å². The summed E-state index contributed by atoms with van der Waals surface area (Å²) in [6, 6.07) is 14.4. The summed E-state index contributed by atoms with van der Waals surface area (Å²) in [5.41, 5.74) is 5.70. The van der Waals surface area contributed by atoms with Crippen LogP contribution in [0, 0.1) is 6.92 Å². The van der Waals surface area contributed by atoms with Gasteiger partial charge in [-0.05, 0) is 37.1 Å². The third-order valence-electron chi connectivity index (χ3n) is 5.12. The van der Waals surface area contributed by atoms with E-state index in [2.05, 4.69) is 40.7 Å². The largest absolute Gasteiger partial charge is 0.356 e. The molecule has 0 bridgehead atoms. The number of aryl methyl sites for hydroxylation is 1. The molecule has 3 N–H and O–H groups in total. The Kier molecular flexibility index (Phi) is 2.38. The zero-order chi connectivity index (χ0) is 15.6. The van der Waals surface area contributed by atoms with E-state index in [4.69, 9.17) is 0 Å². The summed E-state index contributed by atoms with van der Waals surface area (Å²) in [4.78, 5) is 16.4. The topological polar surface area (TPSA) is 56.9 Å². The minimum Gasteiger partial charge on any atom is -0.356 e. The molecule has 1 amide bonds. The average Bonchev–Trinajstić information content (AvgIpc) is 3.06. The number of fused-ring (bicyclic) bond motifs is 6. The Hall–Kier alpha value is -2.59. The molecule has 0 aliphatic carbocycles. The van der Waals surface area contributed by atoms with Gasteiger partial charge in [0.25, 0.3) is 5.91 Å². The van der Waals surface area contributed by atoms with Crippen LogP contribution in [0.2, 0.25) is 0 Å². The number of benzene rings is 2. The Morgan fingerprint density at radius 2 is 2.00 bits per heavy atom. The van der Waals surface area contributed by atoms with Crippen LogP contribution < -0.4 is 10.6 Å². The minimum absolute atomic E-state index is 0.00271. The maximum absolute atomic E-state index is 12.9. The van der Waals surface area contributed by atoms with Crippen LogP contribution in [0.15, 0.2) is 42.5 Å². The summed E-state index contributed by atoms with van der Waals surface area (Å²) < 4.78 is 0. The van der Waals surface area contributed by atoms with Crippen molar-refractivity contribution in [2.45, 2.75) is 18.9 Å². The molecule has 23 heavy (non-hydrogen) atoms. The van der Waals surface area contributed by atoms with Gasteiger partial charge in [-0.2, -0.15) is 0 Å². The van der Waals surface area contributed by atoms with E-state index in [1.165, 1.54) is 16.5 Å². The van der Waals surface area contributed by atoms with Gasteiger partial charge in [-0.15, -0.1) is 0 Å². The fourth-order valence-corrected chi connectivity index (χ4v) is 4.09. The number of H-pyrrole nitrogens is 1. The van der Waals surface area contributed by atoms with Crippen LogP contribution in [0.1, 0.15) is 22.4 Å². The molecule has 5 rings (SSSR count). The summed E-state index contributed by atoms with van der Waals surface area (Å²) in [6.45, 7) is 2.89. The van der Waals surface area contributed by atoms with Gasteiger partial charge in [-0.3, -0.25) is 10.1 Å². The maximum atomic E-state index is 12.9. The fraction of sp³-hybridized carbons (Fsp3) is 0.211. The highest BCUT2D eigenvalue weighted by molar-refractivity contribution is 6.09. The Labute approximate surface area is 133 Å². The number of aromatic amines is 1. The first-order valence-corrected chi connectivity index (χ1v) is 7.98. The number of carbonyl (C=O) groups is 1. The van der Waals surface area contributed by atoms with E-state index in [-0.39, 0.29) is 5.91 Å². The van der Waals surface area contributed by atoms with Crippen LogP contribution in [0.25, 0.3) is 10.9 Å². The molecule has 0 saturated carbocycles. The van der Waals surface area contributed by atoms with Gasteiger partial charge in [0.2, 0.25) is 0 Å². The Morgan fingerprint density at radius 1 is 1.13 bits per heavy atom. The third kappa shape index (κ3) is 1.51. The number of rotatable bonds is 0. The predicted molar refractivity (Wildman–Crippen MR) is 90.6 cm³/mol. The summed E-state index contributed by atoms with van der Waals surface area (Å²) in [7, 11) is 0. The van der Waals surface area contributed by atoms with E-state index in [0.717, 1.165) is 35.4 Å². The molecule has 2 aromatic carbocycles. The molecule has 1 atom stereocenters. The first kappa shape index (κ1) is 12.9. The molecule has 4 heteroatoms. The van der Waals surface area contributed by atoms with Gasteiger partial charge in [-0.25, -0.2) is 0 Å². The highest BCUT2D eigenvalue weighted by Gasteiger charge is 2.51. The number of carbonyl (C=O) groups excluding carboxylic acids is 1. The third-order valence-corrected chi connectivity index (χ3v) is 5.12. The Balaban J connectivity index is 1.86. The molecule has 4 nitrogen and oxygen atoms in total. The highest BCUT2D eigenvalue weighted by Crippen LogP contribution is 2.45. The van der Waals surface area contributed by atoms with Crippen molar-refractivity contribution < 1.29 is 4.79 Å². The number of nitrogens with one attached hydrogen (secondary N) is 3. The van der Waals surface area contributed by atoms with E-state index >= 15 is 0 Å². The molecule has 1 spiro atoms. The number of para-hydroxylation sites is 1. The average molecular weight is 303 g/mol. The van der Waals surface area contributed by atoms with Crippen molar-refractivity contribution in [3.05, 3.63) is 64.8 Å². The van der Waals surface area contributed by atoms with Crippen LogP contribution in [0.3, 0.4) is 0 Å². The van der Waals surface area contributed by atoms with E-state index in [9.17, 15) is 4.79 Å². The van der Waals surface area contributed by atoms with E-state index in [1.54, 1.807) is 0 Å². The zero-order valence-corrected chi connectivity index (χ0v) is 12.9. The second kappa shape index (κ2) is 4.24. The standard InChI is InChI=1S/C19H17N3O/c1-11-6-7-15-13(10-11)12-8-9-20-19(17(12)21-15)14-4-2-3-5-16(14)22-18(19)23/h2-7,10,20-21H,8-9H2,1H3,(H,22,23)/t19-/m1/s1. The van der Waals surface area contributed by atoms with Gasteiger partial charge in [0.1, 0.15) is 0 Å². The van der Waals surface area contributed by atoms with Gasteiger partial charge >= 0.3 is 0 Å². The smallest absolute Gasteiger partial charge is 0.255 e. The number of hydrogen-bond acceptors (Lipinski definition) is 2. The highest BCUT2D eigenvalue weighted by atomic mass is 16.2. The molecule has 3 heterocycles. The molecule has 2 aliphatic heterocycles. The second-order valence-corrected chi connectivity index (χ2v) is 6.45. The first-order chi connectivity index (χ1) is 11.2. The van der Waals surface area contributed by atoms with Crippen LogP contribution >= 0.6 is 0 Å². The maximum Gasteiger partial charge on any atom is 0.255 e. The summed E-state index contributed by atoms with van der Waals surface area (Å²) >= 11 is 0. The summed E-state index contributed by atoms with van der Waals surface area (Å²) in [5.74, 6) is 0.00271. The number of hydrogen-bond donors (Lipinski definition) is 3. The van der Waals surface area contributed by atoms with Gasteiger partial charge in [0, 0.05) is 28.7 Å². The predicted octanol–water partition coefficient (Wildman–Crippen LogP) is 2.82. The van der Waals surface area contributed by atoms with Crippen molar-refractivity contribution in [2.75, 3.05) is 11.9 Å². The van der Waals surface area contributed by atoms with Gasteiger partial charge in [0.05, 0.1) is 5.69 Å². The molecular formula is C19H17N3O. The molecule has 1 aromatic heterocycles. The van der Waals surface area contributed by atoms with Gasteiger partial charge in [0.15, 0.2) is 5.54 Å². The van der Waals surface area contributed by atoms with Crippen LogP contribution in [0.5, 0.6) is 0 Å². The fourth-order valence-electron chi connectivity index (χ4n) is 4.09. The Morgan fingerprint density at radius 3 is 2.91 bits per heavy atom. The van der Waals surface area contributed by atoms with Crippen LogP contribution in [0.4, 0.5) is 5.69 Å². The van der Waals surface area contributed by atoms with Crippen LogP contribution in [-0.2, 0) is 16.8 Å². The number of aromatic nitrogens is 1. The zero-order valence-electron chi connectivity index (χ0n) is 12.9. The van der Waals surface area contributed by atoms with Crippen molar-refractivity contribution in [2.24, 2.45) is 0 Å². The quantitative estimate of drug-likeness (QED) is 0.598. The number of anilines is 1. The molecule has 0 radical (unpaired) electrons. The van der Waals surface area contributed by atoms with E-state index in [0.29, 0.717) is 0 Å². The molecule has 0 unspecified atom stereocenters. The van der Waals surface area contributed by atoms with Gasteiger partial charge < -0.3 is 10.3 Å². The van der Waals surface area contributed by atoms with Crippen LogP contribution in [-0.4, -0.2) is 17.4 Å². The Bertz CT molecular complexity index is 972. The molecule has 0 fully saturated rings. The lowest BCUT2D eigenvalue weighted by Gasteiger charge is -2.33. The number of amides is 1. The van der Waals surface area contributed by atoms with Crippen molar-refractivity contribution in [3.8, 4) is 0 Å². The molecule has 3 aromatic rings. The molecule has 0 saturated heterocycles. The van der Waals surface area contributed by atoms with E-state index < -0.39 is 5.54 Å².